The molecule has 8 nitrogen and oxygen atoms in total. The zero-order valence-electron chi connectivity index (χ0n) is 13.5. The summed E-state index contributed by atoms with van der Waals surface area (Å²) in [5.41, 5.74) is -0.216. The molecule has 25 heavy (non-hydrogen) atoms. The summed E-state index contributed by atoms with van der Waals surface area (Å²) in [6, 6.07) is 4.92. The molecule has 0 bridgehead atoms. The number of carboxylic acids is 1. The molecule has 0 spiro atoms. The predicted octanol–water partition coefficient (Wildman–Crippen LogP) is 2.21. The Bertz CT molecular complexity index is 781. The average molecular weight is 387 g/mol. The third kappa shape index (κ3) is 5.33. The maximum absolute atomic E-state index is 12.2. The summed E-state index contributed by atoms with van der Waals surface area (Å²) in [6.07, 6.45) is 0.903. The number of hydrogen-bond acceptors (Lipinski definition) is 5. The first kappa shape index (κ1) is 19.0. The van der Waals surface area contributed by atoms with Gasteiger partial charge in [0.05, 0.1) is 22.8 Å². The standard InChI is InChI=1S/C15H16Cl2N4O4/c1-9(25-10-3-4-11(16)12(17)5-10)6-20(2)14(22)8-21-7-13(15(23)24)18-19-21/h3-5,7,9H,6,8H2,1-2H3,(H,23,24). The van der Waals surface area contributed by atoms with Crippen LogP contribution in [0.1, 0.15) is 17.4 Å². The molecule has 0 fully saturated rings. The lowest BCUT2D eigenvalue weighted by Crippen LogP contribution is -2.37. The molecule has 0 aliphatic heterocycles. The highest BCUT2D eigenvalue weighted by Crippen LogP contribution is 2.26. The number of carbonyl (C=O) groups is 2. The minimum absolute atomic E-state index is 0.115. The smallest absolute Gasteiger partial charge is 0.358 e. The first-order chi connectivity index (χ1) is 11.8. The van der Waals surface area contributed by atoms with Crippen molar-refractivity contribution in [2.45, 2.75) is 19.6 Å². The quantitative estimate of drug-likeness (QED) is 0.783. The lowest BCUT2D eigenvalue weighted by Gasteiger charge is -2.22. The van der Waals surface area contributed by atoms with Crippen LogP contribution < -0.4 is 4.74 Å². The van der Waals surface area contributed by atoms with Gasteiger partial charge >= 0.3 is 5.97 Å². The maximum atomic E-state index is 12.2. The summed E-state index contributed by atoms with van der Waals surface area (Å²) in [7, 11) is 1.62. The Morgan fingerprint density at radius 3 is 2.68 bits per heavy atom. The normalized spacial score (nSPS) is 11.8. The molecule has 1 unspecified atom stereocenters. The van der Waals surface area contributed by atoms with Crippen LogP contribution in [0.15, 0.2) is 24.4 Å². The summed E-state index contributed by atoms with van der Waals surface area (Å²) in [5.74, 6) is -0.910. The minimum Gasteiger partial charge on any atom is -0.489 e. The molecule has 1 heterocycles. The largest absolute Gasteiger partial charge is 0.489 e. The first-order valence-electron chi connectivity index (χ1n) is 7.25. The van der Waals surface area contributed by atoms with Gasteiger partial charge in [0.1, 0.15) is 18.4 Å². The molecule has 1 atom stereocenters. The Kier molecular flexibility index (Phi) is 6.22. The van der Waals surface area contributed by atoms with E-state index in [-0.39, 0.29) is 24.2 Å². The van der Waals surface area contributed by atoms with Crippen LogP contribution in [0.5, 0.6) is 5.75 Å². The number of carboxylic acid groups (broad SMARTS) is 1. The van der Waals surface area contributed by atoms with Crippen molar-refractivity contribution in [1.29, 1.82) is 0 Å². The molecule has 0 saturated carbocycles. The molecule has 1 N–H and O–H groups in total. The summed E-state index contributed by atoms with van der Waals surface area (Å²) < 4.78 is 6.88. The number of benzene rings is 1. The van der Waals surface area contributed by atoms with Crippen LogP contribution in [-0.4, -0.2) is 56.6 Å². The van der Waals surface area contributed by atoms with Gasteiger partial charge in [0.2, 0.25) is 5.91 Å². The number of aromatic nitrogens is 3. The molecule has 2 rings (SSSR count). The maximum Gasteiger partial charge on any atom is 0.358 e. The van der Waals surface area contributed by atoms with Gasteiger partial charge in [0.25, 0.3) is 0 Å². The van der Waals surface area contributed by atoms with Crippen molar-refractivity contribution in [3.05, 3.63) is 40.1 Å². The summed E-state index contributed by atoms with van der Waals surface area (Å²) in [4.78, 5) is 24.4. The molecule has 0 aliphatic rings. The second-order valence-electron chi connectivity index (χ2n) is 5.39. The van der Waals surface area contributed by atoms with Gasteiger partial charge in [-0.25, -0.2) is 9.48 Å². The van der Waals surface area contributed by atoms with Crippen LogP contribution in [0.25, 0.3) is 0 Å². The summed E-state index contributed by atoms with van der Waals surface area (Å²) >= 11 is 11.8. The number of likely N-dealkylation sites (N-methyl/N-ethyl adjacent to an activating group) is 1. The van der Waals surface area contributed by atoms with E-state index in [0.717, 1.165) is 0 Å². The molecule has 1 aromatic carbocycles. The molecule has 2 aromatic rings. The van der Waals surface area contributed by atoms with Gasteiger partial charge in [-0.2, -0.15) is 0 Å². The third-order valence-corrected chi connectivity index (χ3v) is 3.98. The van der Waals surface area contributed by atoms with E-state index in [4.69, 9.17) is 33.0 Å². The molecule has 0 radical (unpaired) electrons. The Balaban J connectivity index is 1.88. The van der Waals surface area contributed by atoms with E-state index in [0.29, 0.717) is 22.3 Å². The van der Waals surface area contributed by atoms with Crippen LogP contribution >= 0.6 is 23.2 Å². The van der Waals surface area contributed by atoms with Crippen LogP contribution in [0.3, 0.4) is 0 Å². The van der Waals surface area contributed by atoms with Crippen molar-refractivity contribution in [3.8, 4) is 5.75 Å². The lowest BCUT2D eigenvalue weighted by molar-refractivity contribution is -0.131. The Hall–Kier alpha value is -2.32. The van der Waals surface area contributed by atoms with E-state index >= 15 is 0 Å². The van der Waals surface area contributed by atoms with E-state index < -0.39 is 5.97 Å². The van der Waals surface area contributed by atoms with E-state index in [9.17, 15) is 9.59 Å². The zero-order chi connectivity index (χ0) is 18.6. The molecule has 1 aromatic heterocycles. The monoisotopic (exact) mass is 386 g/mol. The number of halogens is 2. The fraction of sp³-hybridized carbons (Fsp3) is 0.333. The topological polar surface area (TPSA) is 97.6 Å². The molecule has 1 amide bonds. The van der Waals surface area contributed by atoms with Crippen molar-refractivity contribution in [2.24, 2.45) is 0 Å². The number of aromatic carboxylic acids is 1. The molecular formula is C15H16Cl2N4O4. The van der Waals surface area contributed by atoms with Gasteiger partial charge in [-0.15, -0.1) is 5.10 Å². The van der Waals surface area contributed by atoms with Crippen molar-refractivity contribution < 1.29 is 19.4 Å². The highest BCUT2D eigenvalue weighted by molar-refractivity contribution is 6.42. The number of rotatable bonds is 7. The van der Waals surface area contributed by atoms with Gasteiger partial charge in [-0.3, -0.25) is 4.79 Å². The van der Waals surface area contributed by atoms with Gasteiger partial charge in [-0.05, 0) is 19.1 Å². The predicted molar refractivity (Wildman–Crippen MR) is 91.2 cm³/mol. The average Bonchev–Trinajstić information content (AvgIpc) is 2.99. The van der Waals surface area contributed by atoms with Crippen LogP contribution in [0, 0.1) is 0 Å². The zero-order valence-corrected chi connectivity index (χ0v) is 15.0. The van der Waals surface area contributed by atoms with Crippen molar-refractivity contribution >= 4 is 35.1 Å². The van der Waals surface area contributed by atoms with Gasteiger partial charge in [0.15, 0.2) is 5.69 Å². The van der Waals surface area contributed by atoms with Gasteiger partial charge < -0.3 is 14.7 Å². The molecule has 10 heteroatoms. The number of amides is 1. The molecule has 134 valence electrons. The minimum atomic E-state index is -1.20. The molecule has 0 aliphatic carbocycles. The van der Waals surface area contributed by atoms with Gasteiger partial charge in [-0.1, -0.05) is 28.4 Å². The fourth-order valence-electron chi connectivity index (χ4n) is 2.04. The summed E-state index contributed by atoms with van der Waals surface area (Å²) in [5, 5.41) is 16.7. The second-order valence-corrected chi connectivity index (χ2v) is 6.20. The second kappa shape index (κ2) is 8.17. The van der Waals surface area contributed by atoms with Crippen molar-refractivity contribution in [3.63, 3.8) is 0 Å². The van der Waals surface area contributed by atoms with Gasteiger partial charge in [0, 0.05) is 13.1 Å². The molecule has 0 saturated heterocycles. The summed E-state index contributed by atoms with van der Waals surface area (Å²) in [6.45, 7) is 2.01. The van der Waals surface area contributed by atoms with Crippen LogP contribution in [-0.2, 0) is 11.3 Å². The van der Waals surface area contributed by atoms with E-state index in [1.165, 1.54) is 15.8 Å². The number of ether oxygens (including phenoxy) is 1. The van der Waals surface area contributed by atoms with E-state index in [1.807, 2.05) is 6.92 Å². The van der Waals surface area contributed by atoms with Crippen LogP contribution in [0.4, 0.5) is 0 Å². The highest BCUT2D eigenvalue weighted by Gasteiger charge is 2.16. The highest BCUT2D eigenvalue weighted by atomic mass is 35.5. The number of nitrogens with zero attached hydrogens (tertiary/aromatic N) is 4. The molecular weight excluding hydrogens is 371 g/mol. The van der Waals surface area contributed by atoms with E-state index in [2.05, 4.69) is 10.3 Å². The Labute approximate surface area is 153 Å². The SMILES string of the molecule is CC(CN(C)C(=O)Cn1cc(C(=O)O)nn1)Oc1ccc(Cl)c(Cl)c1. The Morgan fingerprint density at radius 2 is 2.08 bits per heavy atom. The number of hydrogen-bond donors (Lipinski definition) is 1. The van der Waals surface area contributed by atoms with E-state index in [1.54, 1.807) is 25.2 Å². The van der Waals surface area contributed by atoms with Crippen molar-refractivity contribution in [1.82, 2.24) is 19.9 Å². The number of carbonyl (C=O) groups excluding carboxylic acids is 1. The first-order valence-corrected chi connectivity index (χ1v) is 8.01. The fourth-order valence-corrected chi connectivity index (χ4v) is 2.33. The van der Waals surface area contributed by atoms with Crippen LogP contribution in [0.2, 0.25) is 10.0 Å². The Morgan fingerprint density at radius 1 is 1.36 bits per heavy atom. The third-order valence-electron chi connectivity index (χ3n) is 3.24. The lowest BCUT2D eigenvalue weighted by atomic mass is 10.3. The van der Waals surface area contributed by atoms with Crippen molar-refractivity contribution in [2.75, 3.05) is 13.6 Å².